The van der Waals surface area contributed by atoms with Gasteiger partial charge in [0.25, 0.3) is 0 Å². The van der Waals surface area contributed by atoms with Crippen molar-refractivity contribution in [3.05, 3.63) is 55.6 Å². The quantitative estimate of drug-likeness (QED) is 0.297. The van der Waals surface area contributed by atoms with Gasteiger partial charge in [0, 0.05) is 25.0 Å². The molecule has 4 N–H and O–H groups in total. The first-order chi connectivity index (χ1) is 13.1. The van der Waals surface area contributed by atoms with Crippen LogP contribution in [-0.2, 0) is 17.6 Å². The Balaban J connectivity index is 2.01. The van der Waals surface area contributed by atoms with E-state index in [0.717, 1.165) is 24.3 Å². The molecular formula is C17H16N2O9. The van der Waals surface area contributed by atoms with E-state index in [4.69, 9.17) is 0 Å². The molecule has 0 spiro atoms. The van der Waals surface area contributed by atoms with Gasteiger partial charge >= 0.3 is 11.4 Å². The van der Waals surface area contributed by atoms with Gasteiger partial charge in [-0.05, 0) is 36.1 Å². The SMILES string of the molecule is O=C(CCc1cc(O)c(O)c([N+](=O)[O-])c1)CCc1cc(O)c(O)c([N+](=O)[O-])c1. The standard InChI is InChI=1S/C17H16N2O9/c20-11(3-1-9-5-12(18(25)26)16(23)14(21)7-9)4-2-10-6-13(19(27)28)17(24)15(22)8-10/h5-8,21-24H,1-4H2. The summed E-state index contributed by atoms with van der Waals surface area (Å²) in [6, 6.07) is 4.36. The largest absolute Gasteiger partial charge is 0.504 e. The Morgan fingerprint density at radius 2 is 1.11 bits per heavy atom. The van der Waals surface area contributed by atoms with Crippen LogP contribution in [0.5, 0.6) is 23.0 Å². The third kappa shape index (κ3) is 4.63. The highest BCUT2D eigenvalue weighted by atomic mass is 16.6. The normalized spacial score (nSPS) is 10.6. The van der Waals surface area contributed by atoms with Crippen molar-refractivity contribution < 1.29 is 35.1 Å². The molecule has 0 radical (unpaired) electrons. The molecule has 148 valence electrons. The molecule has 0 aliphatic heterocycles. The van der Waals surface area contributed by atoms with Crippen LogP contribution in [0.25, 0.3) is 0 Å². The number of nitrogens with zero attached hydrogens (tertiary/aromatic N) is 2. The molecule has 11 heteroatoms. The maximum Gasteiger partial charge on any atom is 0.314 e. The van der Waals surface area contributed by atoms with Crippen molar-refractivity contribution in [1.29, 1.82) is 0 Å². The van der Waals surface area contributed by atoms with Gasteiger partial charge in [-0.3, -0.25) is 25.0 Å². The van der Waals surface area contributed by atoms with E-state index in [1.807, 2.05) is 0 Å². The van der Waals surface area contributed by atoms with Crippen molar-refractivity contribution in [3.8, 4) is 23.0 Å². The number of Topliss-reactive ketones (excluding diaryl/α,β-unsaturated/α-hetero) is 1. The van der Waals surface area contributed by atoms with E-state index in [1.54, 1.807) is 0 Å². The van der Waals surface area contributed by atoms with Gasteiger partial charge in [-0.15, -0.1) is 0 Å². The smallest absolute Gasteiger partial charge is 0.314 e. The molecule has 0 atom stereocenters. The van der Waals surface area contributed by atoms with E-state index < -0.39 is 44.2 Å². The van der Waals surface area contributed by atoms with Crippen LogP contribution < -0.4 is 0 Å². The maximum absolute atomic E-state index is 12.0. The fraction of sp³-hybridized carbons (Fsp3) is 0.235. The lowest BCUT2D eigenvalue weighted by Crippen LogP contribution is -2.03. The van der Waals surface area contributed by atoms with Crippen LogP contribution in [0, 0.1) is 20.2 Å². The van der Waals surface area contributed by atoms with Crippen LogP contribution in [0.4, 0.5) is 11.4 Å². The second-order valence-electron chi connectivity index (χ2n) is 6.02. The minimum atomic E-state index is -0.857. The lowest BCUT2D eigenvalue weighted by molar-refractivity contribution is -0.386. The molecule has 28 heavy (non-hydrogen) atoms. The maximum atomic E-state index is 12.0. The van der Waals surface area contributed by atoms with E-state index in [1.165, 1.54) is 0 Å². The predicted octanol–water partition coefficient (Wildman–Crippen LogP) is 2.46. The molecule has 2 aromatic carbocycles. The first-order valence-electron chi connectivity index (χ1n) is 8.00. The number of hydrogen-bond acceptors (Lipinski definition) is 9. The van der Waals surface area contributed by atoms with Crippen molar-refractivity contribution in [2.24, 2.45) is 0 Å². The summed E-state index contributed by atoms with van der Waals surface area (Å²) >= 11 is 0. The fourth-order valence-electron chi connectivity index (χ4n) is 2.58. The van der Waals surface area contributed by atoms with Crippen LogP contribution >= 0.6 is 0 Å². The summed E-state index contributed by atoms with van der Waals surface area (Å²) in [6.45, 7) is 0. The summed E-state index contributed by atoms with van der Waals surface area (Å²) in [5.41, 5.74) is -0.773. The molecular weight excluding hydrogens is 376 g/mol. The zero-order chi connectivity index (χ0) is 21.0. The van der Waals surface area contributed by atoms with E-state index in [9.17, 15) is 45.4 Å². The number of carbonyl (C=O) groups excluding carboxylic acids is 1. The molecule has 0 heterocycles. The number of nitro groups is 2. The Morgan fingerprint density at radius 1 is 0.750 bits per heavy atom. The monoisotopic (exact) mass is 392 g/mol. The summed E-state index contributed by atoms with van der Waals surface area (Å²) < 4.78 is 0. The molecule has 0 unspecified atom stereocenters. The lowest BCUT2D eigenvalue weighted by Gasteiger charge is -2.06. The molecule has 0 bridgehead atoms. The second kappa shape index (κ2) is 8.20. The molecule has 11 nitrogen and oxygen atoms in total. The Hall–Kier alpha value is -3.89. The van der Waals surface area contributed by atoms with Gasteiger partial charge in [0.15, 0.2) is 11.5 Å². The number of ketones is 1. The van der Waals surface area contributed by atoms with Crippen LogP contribution in [0.2, 0.25) is 0 Å². The number of carbonyl (C=O) groups is 1. The third-order valence-electron chi connectivity index (χ3n) is 4.04. The van der Waals surface area contributed by atoms with Crippen LogP contribution in [0.1, 0.15) is 24.0 Å². The summed E-state index contributed by atoms with van der Waals surface area (Å²) in [5.74, 6) is -3.29. The summed E-state index contributed by atoms with van der Waals surface area (Å²) in [5, 5.41) is 59.6. The van der Waals surface area contributed by atoms with Crippen LogP contribution in [0.3, 0.4) is 0 Å². The number of phenolic OH excluding ortho intramolecular Hbond substituents is 4. The Labute approximate surface area is 157 Å². The first-order valence-corrected chi connectivity index (χ1v) is 8.00. The number of hydrogen-bond donors (Lipinski definition) is 4. The number of aryl methyl sites for hydroxylation is 2. The number of nitro benzene ring substituents is 2. The lowest BCUT2D eigenvalue weighted by atomic mass is 10.0. The summed E-state index contributed by atoms with van der Waals surface area (Å²) in [4.78, 5) is 32.0. The molecule has 0 saturated heterocycles. The highest BCUT2D eigenvalue weighted by Gasteiger charge is 2.20. The average Bonchev–Trinajstić information content (AvgIpc) is 2.62. The van der Waals surface area contributed by atoms with Gasteiger partial charge in [0.1, 0.15) is 5.78 Å². The first kappa shape index (κ1) is 20.4. The van der Waals surface area contributed by atoms with Gasteiger partial charge in [-0.25, -0.2) is 0 Å². The highest BCUT2D eigenvalue weighted by Crippen LogP contribution is 2.37. The number of aromatic hydroxyl groups is 4. The highest BCUT2D eigenvalue weighted by molar-refractivity contribution is 5.79. The average molecular weight is 392 g/mol. The van der Waals surface area contributed by atoms with E-state index in [-0.39, 0.29) is 42.6 Å². The van der Waals surface area contributed by atoms with Crippen LogP contribution in [0.15, 0.2) is 24.3 Å². The van der Waals surface area contributed by atoms with E-state index in [2.05, 4.69) is 0 Å². The van der Waals surface area contributed by atoms with Gasteiger partial charge in [0.2, 0.25) is 11.5 Å². The van der Waals surface area contributed by atoms with Crippen molar-refractivity contribution in [2.75, 3.05) is 0 Å². The van der Waals surface area contributed by atoms with Crippen molar-refractivity contribution >= 4 is 17.2 Å². The van der Waals surface area contributed by atoms with Gasteiger partial charge in [0.05, 0.1) is 9.85 Å². The topological polar surface area (TPSA) is 184 Å². The van der Waals surface area contributed by atoms with Crippen LogP contribution in [-0.4, -0.2) is 36.1 Å². The minimum Gasteiger partial charge on any atom is -0.504 e. The summed E-state index contributed by atoms with van der Waals surface area (Å²) in [6.07, 6.45) is 0.115. The Bertz CT molecular complexity index is 881. The Kier molecular flexibility index (Phi) is 5.98. The number of benzene rings is 2. The molecule has 0 aliphatic carbocycles. The predicted molar refractivity (Wildman–Crippen MR) is 94.5 cm³/mol. The molecule has 0 amide bonds. The molecule has 0 aromatic heterocycles. The summed E-state index contributed by atoms with van der Waals surface area (Å²) in [7, 11) is 0. The van der Waals surface area contributed by atoms with Gasteiger partial charge in [-0.2, -0.15) is 0 Å². The third-order valence-corrected chi connectivity index (χ3v) is 4.04. The number of phenols is 4. The van der Waals surface area contributed by atoms with E-state index >= 15 is 0 Å². The molecule has 0 fully saturated rings. The molecule has 2 rings (SSSR count). The minimum absolute atomic E-state index is 0.0203. The zero-order valence-corrected chi connectivity index (χ0v) is 14.4. The number of rotatable bonds is 8. The fourth-order valence-corrected chi connectivity index (χ4v) is 2.58. The molecule has 0 aliphatic rings. The van der Waals surface area contributed by atoms with Crippen molar-refractivity contribution in [2.45, 2.75) is 25.7 Å². The van der Waals surface area contributed by atoms with Crippen molar-refractivity contribution in [3.63, 3.8) is 0 Å². The van der Waals surface area contributed by atoms with Gasteiger partial charge in [-0.1, -0.05) is 0 Å². The zero-order valence-electron chi connectivity index (χ0n) is 14.4. The molecule has 0 saturated carbocycles. The second-order valence-corrected chi connectivity index (χ2v) is 6.02. The van der Waals surface area contributed by atoms with E-state index in [0.29, 0.717) is 0 Å². The Morgan fingerprint density at radius 3 is 1.43 bits per heavy atom. The molecule has 2 aromatic rings. The van der Waals surface area contributed by atoms with Crippen molar-refractivity contribution in [1.82, 2.24) is 0 Å². The van der Waals surface area contributed by atoms with Gasteiger partial charge < -0.3 is 20.4 Å².